The van der Waals surface area contributed by atoms with Crippen LogP contribution in [0.2, 0.25) is 0 Å². The van der Waals surface area contributed by atoms with Gasteiger partial charge in [-0.15, -0.1) is 0 Å². The molecule has 0 aliphatic heterocycles. The van der Waals surface area contributed by atoms with Gasteiger partial charge in [0.15, 0.2) is 0 Å². The number of fused-ring (bicyclic) bond motifs is 1. The molecule has 2 aromatic heterocycles. The van der Waals surface area contributed by atoms with Gasteiger partial charge in [0.05, 0.1) is 14.6 Å². The SMILES string of the molecule is O=S(=O)(Oc1nsc2cncc(Br)c12)C(F)(F)F. The molecule has 0 fully saturated rings. The van der Waals surface area contributed by atoms with E-state index in [1.165, 1.54) is 12.4 Å². The normalized spacial score (nSPS) is 12.9. The van der Waals surface area contributed by atoms with Crippen LogP contribution in [0.25, 0.3) is 10.1 Å². The van der Waals surface area contributed by atoms with Crippen molar-refractivity contribution in [2.45, 2.75) is 5.51 Å². The number of pyridine rings is 1. The highest BCUT2D eigenvalue weighted by molar-refractivity contribution is 9.10. The molecule has 5 nitrogen and oxygen atoms in total. The lowest BCUT2D eigenvalue weighted by molar-refractivity contribution is -0.0500. The Morgan fingerprint density at radius 2 is 2.00 bits per heavy atom. The molecule has 0 amide bonds. The van der Waals surface area contributed by atoms with Crippen molar-refractivity contribution in [1.82, 2.24) is 9.36 Å². The van der Waals surface area contributed by atoms with Gasteiger partial charge in [-0.3, -0.25) is 4.98 Å². The summed E-state index contributed by atoms with van der Waals surface area (Å²) >= 11 is 3.81. The summed E-state index contributed by atoms with van der Waals surface area (Å²) in [6.45, 7) is 0. The first-order valence-corrected chi connectivity index (χ1v) is 7.09. The van der Waals surface area contributed by atoms with Crippen LogP contribution in [-0.4, -0.2) is 23.3 Å². The van der Waals surface area contributed by atoms with Crippen LogP contribution in [0.15, 0.2) is 16.9 Å². The Morgan fingerprint density at radius 1 is 1.33 bits per heavy atom. The zero-order valence-corrected chi connectivity index (χ0v) is 11.3. The average Bonchev–Trinajstić information content (AvgIpc) is 2.60. The molecule has 0 bridgehead atoms. The molecular weight excluding hydrogens is 361 g/mol. The highest BCUT2D eigenvalue weighted by atomic mass is 79.9. The third kappa shape index (κ3) is 2.29. The lowest BCUT2D eigenvalue weighted by Crippen LogP contribution is -2.28. The van der Waals surface area contributed by atoms with Crippen LogP contribution in [0.3, 0.4) is 0 Å². The minimum Gasteiger partial charge on any atom is -0.354 e. The molecule has 18 heavy (non-hydrogen) atoms. The van der Waals surface area contributed by atoms with Gasteiger partial charge in [-0.25, -0.2) is 0 Å². The summed E-state index contributed by atoms with van der Waals surface area (Å²) in [6, 6.07) is 0. The molecule has 0 radical (unpaired) electrons. The molecule has 0 saturated carbocycles. The molecule has 0 aliphatic carbocycles. The Bertz CT molecular complexity index is 698. The van der Waals surface area contributed by atoms with Gasteiger partial charge < -0.3 is 4.18 Å². The van der Waals surface area contributed by atoms with Gasteiger partial charge in [-0.05, 0) is 27.5 Å². The first kappa shape index (κ1) is 13.5. The van der Waals surface area contributed by atoms with Gasteiger partial charge in [-0.1, -0.05) is 0 Å². The van der Waals surface area contributed by atoms with E-state index < -0.39 is 21.5 Å². The van der Waals surface area contributed by atoms with E-state index >= 15 is 0 Å². The van der Waals surface area contributed by atoms with E-state index in [4.69, 9.17) is 0 Å². The lowest BCUT2D eigenvalue weighted by atomic mass is 10.3. The van der Waals surface area contributed by atoms with E-state index in [-0.39, 0.29) is 5.39 Å². The van der Waals surface area contributed by atoms with Gasteiger partial charge in [0.1, 0.15) is 0 Å². The standard InChI is InChI=1S/C7H2BrF3N2O3S2/c8-3-1-12-2-4-5(3)6(13-17-4)16-18(14,15)7(9,10)11/h1-2H. The van der Waals surface area contributed by atoms with Gasteiger partial charge in [-0.2, -0.15) is 26.0 Å². The zero-order valence-electron chi connectivity index (χ0n) is 8.10. The van der Waals surface area contributed by atoms with Crippen LogP contribution in [-0.2, 0) is 10.1 Å². The van der Waals surface area contributed by atoms with Crippen LogP contribution in [0.4, 0.5) is 13.2 Å². The number of halogens is 4. The van der Waals surface area contributed by atoms with Crippen molar-refractivity contribution in [2.24, 2.45) is 0 Å². The van der Waals surface area contributed by atoms with E-state index in [1.807, 2.05) is 0 Å². The third-order valence-corrected chi connectivity index (χ3v) is 4.09. The van der Waals surface area contributed by atoms with Crippen LogP contribution in [0, 0.1) is 0 Å². The molecule has 0 spiro atoms. The van der Waals surface area contributed by atoms with Crippen LogP contribution >= 0.6 is 27.5 Å². The molecule has 0 unspecified atom stereocenters. The smallest absolute Gasteiger partial charge is 0.354 e. The summed E-state index contributed by atoms with van der Waals surface area (Å²) in [5, 5.41) is 0.128. The fraction of sp³-hybridized carbons (Fsp3) is 0.143. The minimum atomic E-state index is -5.73. The number of hydrogen-bond donors (Lipinski definition) is 0. The Morgan fingerprint density at radius 3 is 2.61 bits per heavy atom. The van der Waals surface area contributed by atoms with Crippen molar-refractivity contribution in [3.8, 4) is 5.88 Å². The Labute approximate surface area is 111 Å². The van der Waals surface area contributed by atoms with Gasteiger partial charge in [0.2, 0.25) is 0 Å². The molecular formula is C7H2BrF3N2O3S2. The second-order valence-electron chi connectivity index (χ2n) is 2.97. The van der Waals surface area contributed by atoms with Crippen LogP contribution in [0.5, 0.6) is 5.88 Å². The van der Waals surface area contributed by atoms with Crippen LogP contribution in [0.1, 0.15) is 0 Å². The summed E-state index contributed by atoms with van der Waals surface area (Å²) < 4.78 is 66.4. The fourth-order valence-electron chi connectivity index (χ4n) is 1.04. The van der Waals surface area contributed by atoms with Crippen molar-refractivity contribution in [1.29, 1.82) is 0 Å². The summed E-state index contributed by atoms with van der Waals surface area (Å²) in [5.74, 6) is -0.624. The maximum Gasteiger partial charge on any atom is 0.534 e. The molecule has 11 heteroatoms. The molecule has 0 atom stereocenters. The summed E-state index contributed by atoms with van der Waals surface area (Å²) in [4.78, 5) is 3.77. The van der Waals surface area contributed by atoms with Crippen molar-refractivity contribution in [3.05, 3.63) is 16.9 Å². The predicted octanol–water partition coefficient (Wildman–Crippen LogP) is 2.68. The number of aromatic nitrogens is 2. The Balaban J connectivity index is 2.52. The molecule has 0 aliphatic rings. The first-order valence-electron chi connectivity index (χ1n) is 4.12. The molecule has 2 heterocycles. The number of hydrogen-bond acceptors (Lipinski definition) is 6. The molecule has 2 aromatic rings. The largest absolute Gasteiger partial charge is 0.534 e. The van der Waals surface area contributed by atoms with E-state index in [1.54, 1.807) is 0 Å². The van der Waals surface area contributed by atoms with Crippen molar-refractivity contribution < 1.29 is 25.8 Å². The Hall–Kier alpha value is -0.940. The molecule has 98 valence electrons. The average molecular weight is 363 g/mol. The van der Waals surface area contributed by atoms with E-state index in [0.717, 1.165) is 11.5 Å². The second kappa shape index (κ2) is 4.31. The number of nitrogens with zero attached hydrogens (tertiary/aromatic N) is 2. The molecule has 0 N–H and O–H groups in total. The van der Waals surface area contributed by atoms with Crippen molar-refractivity contribution in [3.63, 3.8) is 0 Å². The minimum absolute atomic E-state index is 0.128. The van der Waals surface area contributed by atoms with E-state index in [9.17, 15) is 21.6 Å². The van der Waals surface area contributed by atoms with Crippen molar-refractivity contribution >= 4 is 47.7 Å². The Kier molecular flexibility index (Phi) is 3.23. The van der Waals surface area contributed by atoms with E-state index in [2.05, 4.69) is 29.5 Å². The third-order valence-electron chi connectivity index (χ3n) is 1.78. The monoisotopic (exact) mass is 362 g/mol. The summed E-state index contributed by atoms with van der Waals surface area (Å²) in [6.07, 6.45) is 2.63. The quantitative estimate of drug-likeness (QED) is 0.606. The maximum atomic E-state index is 12.2. The van der Waals surface area contributed by atoms with Gasteiger partial charge in [0, 0.05) is 12.4 Å². The zero-order chi connectivity index (χ0) is 13.6. The van der Waals surface area contributed by atoms with Crippen LogP contribution < -0.4 is 4.18 Å². The van der Waals surface area contributed by atoms with E-state index in [0.29, 0.717) is 9.17 Å². The molecule has 2 rings (SSSR count). The van der Waals surface area contributed by atoms with Gasteiger partial charge in [0.25, 0.3) is 5.88 Å². The second-order valence-corrected chi connectivity index (χ2v) is 6.16. The van der Waals surface area contributed by atoms with Crippen molar-refractivity contribution in [2.75, 3.05) is 0 Å². The lowest BCUT2D eigenvalue weighted by Gasteiger charge is -2.07. The van der Waals surface area contributed by atoms with Gasteiger partial charge >= 0.3 is 15.6 Å². The molecule has 0 aromatic carbocycles. The highest BCUT2D eigenvalue weighted by Crippen LogP contribution is 2.36. The number of alkyl halides is 3. The maximum absolute atomic E-state index is 12.2. The first-order chi connectivity index (χ1) is 8.22. The highest BCUT2D eigenvalue weighted by Gasteiger charge is 2.49. The topological polar surface area (TPSA) is 69.2 Å². The number of rotatable bonds is 2. The summed E-state index contributed by atoms with van der Waals surface area (Å²) in [5.41, 5.74) is -5.50. The predicted molar refractivity (Wildman–Crippen MR) is 60.7 cm³/mol. The fourth-order valence-corrected chi connectivity index (χ4v) is 2.85. The summed E-state index contributed by atoms with van der Waals surface area (Å²) in [7, 11) is -5.73. The molecule has 0 saturated heterocycles.